The molecule has 24 atom stereocenters. The second-order valence-electron chi connectivity index (χ2n) is 23.3. The smallest absolute Gasteiger partial charge is 0.315 e. The summed E-state index contributed by atoms with van der Waals surface area (Å²) in [6, 6.07) is 0. The van der Waals surface area contributed by atoms with E-state index in [1.165, 1.54) is 6.92 Å². The normalized spacial score (nSPS) is 53.4. The summed E-state index contributed by atoms with van der Waals surface area (Å²) in [6.45, 7) is 14.8. The molecule has 3 saturated heterocycles. The van der Waals surface area contributed by atoms with Crippen LogP contribution in [-0.2, 0) is 42.7 Å². The van der Waals surface area contributed by atoms with Gasteiger partial charge in [-0.05, 0) is 104 Å². The maximum Gasteiger partial charge on any atom is 0.315 e. The fourth-order valence-corrected chi connectivity index (χ4v) is 15.3. The zero-order valence-electron chi connectivity index (χ0n) is 40.7. The lowest BCUT2D eigenvalue weighted by molar-refractivity contribution is -0.357. The molecule has 0 amide bonds. The Hall–Kier alpha value is -1.92. The number of esters is 2. The van der Waals surface area contributed by atoms with Gasteiger partial charge in [-0.2, -0.15) is 0 Å². The first-order valence-corrected chi connectivity index (χ1v) is 24.8. The van der Waals surface area contributed by atoms with Crippen LogP contribution >= 0.6 is 0 Å². The summed E-state index contributed by atoms with van der Waals surface area (Å²) in [5, 5.41) is 107. The summed E-state index contributed by atoms with van der Waals surface area (Å²) < 4.78 is 41.8. The van der Waals surface area contributed by atoms with E-state index < -0.39 is 145 Å². The van der Waals surface area contributed by atoms with Crippen LogP contribution in [0.25, 0.3) is 0 Å². The van der Waals surface area contributed by atoms with Crippen LogP contribution in [0.3, 0.4) is 0 Å². The van der Waals surface area contributed by atoms with Crippen LogP contribution < -0.4 is 0 Å². The second-order valence-corrected chi connectivity index (χ2v) is 23.3. The van der Waals surface area contributed by atoms with Crippen molar-refractivity contribution in [3.05, 3.63) is 11.6 Å². The van der Waals surface area contributed by atoms with E-state index in [-0.39, 0.29) is 35.2 Å². The Labute approximate surface area is 398 Å². The number of carbonyl (C=O) groups is 2. The highest BCUT2D eigenvalue weighted by atomic mass is 16.7. The molecule has 19 nitrogen and oxygen atoms in total. The SMILES string of the molecule is CC(=O)OC1C(OC2CCC3(C)C(CCC4(C)C3CC=C3C5C(C(=O)OC6OC(CO)C(O)C(O)C6O)(CCC(C)C5(C)O)CCC34C)C2(C)C)OCC(O)C1OC1OC(CO)C(O)C(O)C1O. The van der Waals surface area contributed by atoms with Crippen molar-refractivity contribution >= 4 is 11.9 Å². The van der Waals surface area contributed by atoms with Crippen LogP contribution in [0, 0.1) is 50.7 Å². The van der Waals surface area contributed by atoms with Gasteiger partial charge < -0.3 is 84.2 Å². The number of ether oxygens (including phenoxy) is 7. The van der Waals surface area contributed by atoms with E-state index in [0.29, 0.717) is 38.5 Å². The van der Waals surface area contributed by atoms with Gasteiger partial charge in [0.05, 0.1) is 36.9 Å². The topological polar surface area (TPSA) is 301 Å². The molecule has 0 aromatic rings. The van der Waals surface area contributed by atoms with Crippen molar-refractivity contribution in [1.29, 1.82) is 0 Å². The molecule has 3 heterocycles. The first-order valence-electron chi connectivity index (χ1n) is 24.8. The molecule has 8 rings (SSSR count). The van der Waals surface area contributed by atoms with E-state index in [9.17, 15) is 60.7 Å². The third-order valence-electron chi connectivity index (χ3n) is 19.6. The number of aliphatic hydroxyl groups excluding tert-OH is 9. The van der Waals surface area contributed by atoms with Crippen LogP contribution in [0.4, 0.5) is 0 Å². The minimum Gasteiger partial charge on any atom is -0.454 e. The van der Waals surface area contributed by atoms with Gasteiger partial charge in [-0.15, -0.1) is 0 Å². The van der Waals surface area contributed by atoms with Gasteiger partial charge in [0, 0.05) is 12.8 Å². The van der Waals surface area contributed by atoms with E-state index in [1.807, 2.05) is 13.8 Å². The van der Waals surface area contributed by atoms with Gasteiger partial charge in [0.1, 0.15) is 61.0 Å². The Morgan fingerprint density at radius 1 is 0.691 bits per heavy atom. The lowest BCUT2D eigenvalue weighted by Crippen LogP contribution is -2.68. The number of hydrogen-bond donors (Lipinski definition) is 10. The molecule has 68 heavy (non-hydrogen) atoms. The number of allylic oxidation sites excluding steroid dienone is 1. The first-order chi connectivity index (χ1) is 31.7. The summed E-state index contributed by atoms with van der Waals surface area (Å²) in [7, 11) is 0. The molecule has 5 aliphatic carbocycles. The van der Waals surface area contributed by atoms with E-state index in [1.54, 1.807) is 0 Å². The summed E-state index contributed by atoms with van der Waals surface area (Å²) in [5.74, 6) is -1.82. The van der Waals surface area contributed by atoms with E-state index in [4.69, 9.17) is 33.2 Å². The number of fused-ring (bicyclic) bond motifs is 7. The Morgan fingerprint density at radius 3 is 1.93 bits per heavy atom. The highest BCUT2D eigenvalue weighted by Gasteiger charge is 2.72. The fraction of sp³-hybridized carbons (Fsp3) is 0.918. The molecule has 10 N–H and O–H groups in total. The molecule has 7 fully saturated rings. The molecule has 0 radical (unpaired) electrons. The van der Waals surface area contributed by atoms with E-state index in [0.717, 1.165) is 24.8 Å². The van der Waals surface area contributed by atoms with E-state index in [2.05, 4.69) is 40.7 Å². The second kappa shape index (κ2) is 18.5. The molecule has 3 aliphatic heterocycles. The Balaban J connectivity index is 1.04. The van der Waals surface area contributed by atoms with Crippen molar-refractivity contribution in [3.8, 4) is 0 Å². The predicted octanol–water partition coefficient (Wildman–Crippen LogP) is 0.321. The zero-order valence-corrected chi connectivity index (χ0v) is 40.7. The van der Waals surface area contributed by atoms with Gasteiger partial charge in [-0.3, -0.25) is 9.59 Å². The minimum absolute atomic E-state index is 0.141. The summed E-state index contributed by atoms with van der Waals surface area (Å²) >= 11 is 0. The van der Waals surface area contributed by atoms with Gasteiger partial charge in [-0.25, -0.2) is 0 Å². The maximum atomic E-state index is 14.8. The average molecular weight is 971 g/mol. The van der Waals surface area contributed by atoms with Crippen LogP contribution in [-0.4, -0.2) is 181 Å². The monoisotopic (exact) mass is 971 g/mol. The molecular weight excluding hydrogens is 893 g/mol. The number of hydrogen-bond acceptors (Lipinski definition) is 19. The molecule has 0 aromatic heterocycles. The summed E-state index contributed by atoms with van der Waals surface area (Å²) in [6.07, 6.45) is -13.7. The van der Waals surface area contributed by atoms with Crippen LogP contribution in [0.5, 0.6) is 0 Å². The molecule has 0 spiro atoms. The van der Waals surface area contributed by atoms with Crippen molar-refractivity contribution in [3.63, 3.8) is 0 Å². The van der Waals surface area contributed by atoms with Gasteiger partial charge in [0.2, 0.25) is 6.29 Å². The largest absolute Gasteiger partial charge is 0.454 e. The van der Waals surface area contributed by atoms with Crippen molar-refractivity contribution in [2.24, 2.45) is 50.7 Å². The maximum absolute atomic E-state index is 14.8. The molecule has 4 saturated carbocycles. The highest BCUT2D eigenvalue weighted by Crippen LogP contribution is 2.76. The molecule has 8 aliphatic rings. The Bertz CT molecular complexity index is 1890. The standard InChI is InChI=1S/C49H78O19/c1-22-11-16-49(43(60)68-41-36(59)34(57)32(55)27(20-51)65-41)18-17-46(6)24(39(49)48(22,8)61)9-10-29-45(5)14-13-30(44(3,4)28(45)12-15-47(29,46)7)66-42-38(63-23(2)52)37(25(53)21-62-42)67-40-35(58)33(56)31(54)26(19-50)64-40/h9,22,25-42,50-51,53-59,61H,10-21H2,1-8H3. The molecule has 19 heteroatoms. The lowest BCUT2D eigenvalue weighted by Gasteiger charge is -2.72. The molecule has 24 unspecified atom stereocenters. The molecule has 388 valence electrons. The number of aliphatic hydroxyl groups is 10. The van der Waals surface area contributed by atoms with Gasteiger partial charge >= 0.3 is 11.9 Å². The van der Waals surface area contributed by atoms with Crippen molar-refractivity contribution in [1.82, 2.24) is 0 Å². The fourth-order valence-electron chi connectivity index (χ4n) is 15.3. The van der Waals surface area contributed by atoms with Crippen LogP contribution in [0.2, 0.25) is 0 Å². The zero-order chi connectivity index (χ0) is 49.8. The summed E-state index contributed by atoms with van der Waals surface area (Å²) in [4.78, 5) is 27.3. The first kappa shape index (κ1) is 52.4. The van der Waals surface area contributed by atoms with Crippen molar-refractivity contribution < 1.29 is 93.8 Å². The van der Waals surface area contributed by atoms with E-state index >= 15 is 0 Å². The van der Waals surface area contributed by atoms with Crippen molar-refractivity contribution in [2.45, 2.75) is 211 Å². The average Bonchev–Trinajstić information content (AvgIpc) is 3.27. The van der Waals surface area contributed by atoms with Gasteiger partial charge in [0.25, 0.3) is 0 Å². The third kappa shape index (κ3) is 8.04. The number of rotatable bonds is 9. The number of carbonyl (C=O) groups excluding carboxylic acids is 2. The van der Waals surface area contributed by atoms with Crippen molar-refractivity contribution in [2.75, 3.05) is 19.8 Å². The minimum atomic E-state index is -1.77. The Kier molecular flexibility index (Phi) is 14.3. The van der Waals surface area contributed by atoms with Crippen LogP contribution in [0.15, 0.2) is 11.6 Å². The molecular formula is C49H78O19. The molecule has 0 aromatic carbocycles. The highest BCUT2D eigenvalue weighted by molar-refractivity contribution is 5.79. The lowest BCUT2D eigenvalue weighted by atomic mass is 9.33. The quantitative estimate of drug-likeness (QED) is 0.0846. The summed E-state index contributed by atoms with van der Waals surface area (Å²) in [5.41, 5.74) is -2.83. The van der Waals surface area contributed by atoms with Crippen LogP contribution in [0.1, 0.15) is 113 Å². The Morgan fingerprint density at radius 2 is 1.31 bits per heavy atom. The third-order valence-corrected chi connectivity index (χ3v) is 19.6. The predicted molar refractivity (Wildman–Crippen MR) is 235 cm³/mol. The van der Waals surface area contributed by atoms with Gasteiger partial charge in [-0.1, -0.05) is 53.2 Å². The molecule has 0 bridgehead atoms. The van der Waals surface area contributed by atoms with Gasteiger partial charge in [0.15, 0.2) is 18.7 Å².